The van der Waals surface area contributed by atoms with Gasteiger partial charge in [-0.05, 0) is 48.5 Å². The van der Waals surface area contributed by atoms with Gasteiger partial charge >= 0.3 is 0 Å². The standard InChI is InChI=1S/C26H29N3O5/c1-29(20-13-14-23(33-3)24(17-20)34-4)16-15-25(30)27-19-11-9-18(10-12-19)26(31)28-21-7-5-6-8-22(21)32-2/h5-14,17H,15-16H2,1-4H3,(H,27,30)(H,28,31). The maximum absolute atomic E-state index is 12.5. The van der Waals surface area contributed by atoms with E-state index in [0.29, 0.717) is 47.2 Å². The number of amides is 2. The van der Waals surface area contributed by atoms with Gasteiger partial charge in [-0.2, -0.15) is 0 Å². The molecule has 2 N–H and O–H groups in total. The summed E-state index contributed by atoms with van der Waals surface area (Å²) >= 11 is 0. The zero-order valence-corrected chi connectivity index (χ0v) is 19.8. The Bertz CT molecular complexity index is 1130. The molecular weight excluding hydrogens is 434 g/mol. The van der Waals surface area contributed by atoms with E-state index < -0.39 is 0 Å². The number of benzene rings is 3. The molecule has 34 heavy (non-hydrogen) atoms. The van der Waals surface area contributed by atoms with E-state index in [9.17, 15) is 9.59 Å². The van der Waals surface area contributed by atoms with Crippen LogP contribution in [0.5, 0.6) is 17.2 Å². The monoisotopic (exact) mass is 463 g/mol. The second kappa shape index (κ2) is 11.6. The van der Waals surface area contributed by atoms with E-state index in [1.165, 1.54) is 0 Å². The fourth-order valence-corrected chi connectivity index (χ4v) is 3.33. The molecule has 0 heterocycles. The molecule has 2 amide bonds. The van der Waals surface area contributed by atoms with Gasteiger partial charge in [0.05, 0.1) is 27.0 Å². The van der Waals surface area contributed by atoms with Gasteiger partial charge in [0.25, 0.3) is 5.91 Å². The quantitative estimate of drug-likeness (QED) is 0.462. The fraction of sp³-hybridized carbons (Fsp3) is 0.231. The molecule has 0 bridgehead atoms. The van der Waals surface area contributed by atoms with E-state index in [-0.39, 0.29) is 11.8 Å². The van der Waals surface area contributed by atoms with Crippen LogP contribution in [-0.2, 0) is 4.79 Å². The molecule has 0 saturated carbocycles. The highest BCUT2D eigenvalue weighted by Gasteiger charge is 2.12. The second-order valence-corrected chi connectivity index (χ2v) is 7.49. The fourth-order valence-electron chi connectivity index (χ4n) is 3.33. The highest BCUT2D eigenvalue weighted by atomic mass is 16.5. The summed E-state index contributed by atoms with van der Waals surface area (Å²) in [5.41, 5.74) is 2.59. The molecule has 0 radical (unpaired) electrons. The summed E-state index contributed by atoms with van der Waals surface area (Å²) in [7, 11) is 6.63. The summed E-state index contributed by atoms with van der Waals surface area (Å²) in [4.78, 5) is 26.9. The number of anilines is 3. The number of methoxy groups -OCH3 is 3. The van der Waals surface area contributed by atoms with Crippen LogP contribution in [0.2, 0.25) is 0 Å². The van der Waals surface area contributed by atoms with Crippen molar-refractivity contribution in [1.82, 2.24) is 0 Å². The summed E-state index contributed by atoms with van der Waals surface area (Å²) in [6.07, 6.45) is 0.293. The lowest BCUT2D eigenvalue weighted by molar-refractivity contribution is -0.116. The Hall–Kier alpha value is -4.20. The number of hydrogen-bond donors (Lipinski definition) is 2. The van der Waals surface area contributed by atoms with Gasteiger partial charge in [0.2, 0.25) is 5.91 Å². The number of nitrogens with one attached hydrogen (secondary N) is 2. The van der Waals surface area contributed by atoms with Gasteiger partial charge in [0, 0.05) is 43.0 Å². The Morgan fingerprint density at radius 2 is 1.47 bits per heavy atom. The lowest BCUT2D eigenvalue weighted by Gasteiger charge is -2.20. The van der Waals surface area contributed by atoms with Gasteiger partial charge in [-0.3, -0.25) is 9.59 Å². The predicted octanol–water partition coefficient (Wildman–Crippen LogP) is 4.43. The highest BCUT2D eigenvalue weighted by molar-refractivity contribution is 6.05. The van der Waals surface area contributed by atoms with Gasteiger partial charge in [0.1, 0.15) is 5.75 Å². The van der Waals surface area contributed by atoms with Crippen LogP contribution in [0.1, 0.15) is 16.8 Å². The number of carbonyl (C=O) groups excluding carboxylic acids is 2. The third kappa shape index (κ3) is 6.19. The zero-order chi connectivity index (χ0) is 24.5. The van der Waals surface area contributed by atoms with Gasteiger partial charge < -0.3 is 29.7 Å². The summed E-state index contributed by atoms with van der Waals surface area (Å²) in [5, 5.41) is 5.69. The molecule has 0 fully saturated rings. The van der Waals surface area contributed by atoms with Gasteiger partial charge in [-0.25, -0.2) is 0 Å². The largest absolute Gasteiger partial charge is 0.495 e. The Labute approximate surface area is 199 Å². The molecule has 0 unspecified atom stereocenters. The van der Waals surface area contributed by atoms with Crippen molar-refractivity contribution >= 4 is 28.9 Å². The lowest BCUT2D eigenvalue weighted by Crippen LogP contribution is -2.24. The molecule has 0 aliphatic rings. The molecule has 3 aromatic rings. The summed E-state index contributed by atoms with van der Waals surface area (Å²) < 4.78 is 15.9. The Morgan fingerprint density at radius 3 is 2.15 bits per heavy atom. The number of carbonyl (C=O) groups is 2. The molecule has 3 aromatic carbocycles. The summed E-state index contributed by atoms with van der Waals surface area (Å²) in [5.74, 6) is 1.47. The van der Waals surface area contributed by atoms with Crippen molar-refractivity contribution in [1.29, 1.82) is 0 Å². The Morgan fingerprint density at radius 1 is 0.794 bits per heavy atom. The minimum Gasteiger partial charge on any atom is -0.495 e. The number of nitrogens with zero attached hydrogens (tertiary/aromatic N) is 1. The molecule has 3 rings (SSSR count). The first-order valence-electron chi connectivity index (χ1n) is 10.7. The number of rotatable bonds is 10. The van der Waals surface area contributed by atoms with Crippen LogP contribution in [0.4, 0.5) is 17.1 Å². The molecular formula is C26H29N3O5. The molecule has 0 aliphatic heterocycles. The van der Waals surface area contributed by atoms with Crippen LogP contribution in [0.15, 0.2) is 66.7 Å². The van der Waals surface area contributed by atoms with E-state index in [2.05, 4.69) is 10.6 Å². The summed E-state index contributed by atoms with van der Waals surface area (Å²) in [6, 6.07) is 19.5. The molecule has 0 aromatic heterocycles. The third-order valence-corrected chi connectivity index (χ3v) is 5.27. The predicted molar refractivity (Wildman–Crippen MR) is 133 cm³/mol. The van der Waals surface area contributed by atoms with Crippen LogP contribution in [0.3, 0.4) is 0 Å². The van der Waals surface area contributed by atoms with Gasteiger partial charge in [0.15, 0.2) is 11.5 Å². The topological polar surface area (TPSA) is 89.1 Å². The van der Waals surface area contributed by atoms with Crippen molar-refractivity contribution in [2.75, 3.05) is 50.5 Å². The van der Waals surface area contributed by atoms with Gasteiger partial charge in [-0.1, -0.05) is 12.1 Å². The van der Waals surface area contributed by atoms with Crippen molar-refractivity contribution in [3.05, 3.63) is 72.3 Å². The van der Waals surface area contributed by atoms with Crippen molar-refractivity contribution in [2.45, 2.75) is 6.42 Å². The molecule has 0 atom stereocenters. The maximum atomic E-state index is 12.5. The Balaban J connectivity index is 1.53. The second-order valence-electron chi connectivity index (χ2n) is 7.49. The van der Waals surface area contributed by atoms with Crippen LogP contribution >= 0.6 is 0 Å². The first-order valence-corrected chi connectivity index (χ1v) is 10.7. The minimum absolute atomic E-state index is 0.126. The van der Waals surface area contributed by atoms with Crippen molar-refractivity contribution in [3.8, 4) is 17.2 Å². The van der Waals surface area contributed by atoms with Crippen LogP contribution in [0.25, 0.3) is 0 Å². The molecule has 0 saturated heterocycles. The zero-order valence-electron chi connectivity index (χ0n) is 19.8. The van der Waals surface area contributed by atoms with E-state index in [1.807, 2.05) is 42.3 Å². The van der Waals surface area contributed by atoms with Crippen molar-refractivity contribution in [2.24, 2.45) is 0 Å². The number of para-hydroxylation sites is 2. The SMILES string of the molecule is COc1ccccc1NC(=O)c1ccc(NC(=O)CCN(C)c2ccc(OC)c(OC)c2)cc1. The first kappa shape index (κ1) is 24.4. The normalized spacial score (nSPS) is 10.2. The molecule has 8 heteroatoms. The van der Waals surface area contributed by atoms with E-state index in [1.54, 1.807) is 57.7 Å². The third-order valence-electron chi connectivity index (χ3n) is 5.27. The van der Waals surface area contributed by atoms with Crippen LogP contribution in [0, 0.1) is 0 Å². The average molecular weight is 464 g/mol. The van der Waals surface area contributed by atoms with Crippen LogP contribution < -0.4 is 29.7 Å². The molecule has 0 spiro atoms. The first-order chi connectivity index (χ1) is 16.4. The average Bonchev–Trinajstić information content (AvgIpc) is 2.87. The van der Waals surface area contributed by atoms with Crippen molar-refractivity contribution < 1.29 is 23.8 Å². The Kier molecular flexibility index (Phi) is 8.34. The minimum atomic E-state index is -0.265. The molecule has 0 aliphatic carbocycles. The van der Waals surface area contributed by atoms with E-state index >= 15 is 0 Å². The van der Waals surface area contributed by atoms with Crippen molar-refractivity contribution in [3.63, 3.8) is 0 Å². The highest BCUT2D eigenvalue weighted by Crippen LogP contribution is 2.31. The molecule has 178 valence electrons. The molecule has 8 nitrogen and oxygen atoms in total. The number of ether oxygens (including phenoxy) is 3. The van der Waals surface area contributed by atoms with Crippen LogP contribution in [-0.4, -0.2) is 46.7 Å². The smallest absolute Gasteiger partial charge is 0.255 e. The number of hydrogen-bond acceptors (Lipinski definition) is 6. The van der Waals surface area contributed by atoms with E-state index in [0.717, 1.165) is 5.69 Å². The lowest BCUT2D eigenvalue weighted by atomic mass is 10.2. The summed E-state index contributed by atoms with van der Waals surface area (Å²) in [6.45, 7) is 0.515. The van der Waals surface area contributed by atoms with E-state index in [4.69, 9.17) is 14.2 Å². The van der Waals surface area contributed by atoms with Gasteiger partial charge in [-0.15, -0.1) is 0 Å². The maximum Gasteiger partial charge on any atom is 0.255 e.